The van der Waals surface area contributed by atoms with Crippen molar-refractivity contribution in [3.8, 4) is 5.69 Å². The molecule has 0 aliphatic carbocycles. The van der Waals surface area contributed by atoms with Crippen LogP contribution in [0, 0.1) is 0 Å². The topological polar surface area (TPSA) is 112 Å². The molecule has 1 amide bonds. The van der Waals surface area contributed by atoms with E-state index in [1.165, 1.54) is 6.92 Å². The molecule has 0 saturated carbocycles. The summed E-state index contributed by atoms with van der Waals surface area (Å²) >= 11 is 0. The van der Waals surface area contributed by atoms with Crippen molar-refractivity contribution >= 4 is 17.6 Å². The van der Waals surface area contributed by atoms with Gasteiger partial charge in [-0.3, -0.25) is 14.2 Å². The lowest BCUT2D eigenvalue weighted by molar-refractivity contribution is -0.114. The number of nitrogens with one attached hydrogen (secondary N) is 1. The van der Waals surface area contributed by atoms with Crippen LogP contribution in [0.25, 0.3) is 5.69 Å². The maximum atomic E-state index is 12.9. The lowest BCUT2D eigenvalue weighted by Crippen LogP contribution is -2.40. The Bertz CT molecular complexity index is 1200. The molecular formula is C21H20N4O5. The molecule has 0 bridgehead atoms. The fourth-order valence-corrected chi connectivity index (χ4v) is 2.82. The molecule has 0 unspecified atom stereocenters. The summed E-state index contributed by atoms with van der Waals surface area (Å²) in [5.74, 6) is -0.685. The summed E-state index contributed by atoms with van der Waals surface area (Å²) in [7, 11) is 0. The van der Waals surface area contributed by atoms with E-state index in [1.807, 2.05) is 0 Å². The molecule has 1 N–H and O–H groups in total. The Balaban J connectivity index is 1.92. The number of aromatic nitrogens is 3. The number of amides is 1. The number of benzene rings is 2. The lowest BCUT2D eigenvalue weighted by Gasteiger charge is -2.10. The summed E-state index contributed by atoms with van der Waals surface area (Å²) in [4.78, 5) is 48.2. The number of hydrogen-bond donors (Lipinski definition) is 1. The first-order chi connectivity index (χ1) is 14.4. The van der Waals surface area contributed by atoms with Gasteiger partial charge in [0.15, 0.2) is 0 Å². The zero-order valence-corrected chi connectivity index (χ0v) is 16.5. The average molecular weight is 408 g/mol. The Kier molecular flexibility index (Phi) is 6.21. The summed E-state index contributed by atoms with van der Waals surface area (Å²) in [6.45, 7) is 3.38. The van der Waals surface area contributed by atoms with Crippen LogP contribution in [0.5, 0.6) is 0 Å². The van der Waals surface area contributed by atoms with E-state index in [9.17, 15) is 19.2 Å². The van der Waals surface area contributed by atoms with Gasteiger partial charge >= 0.3 is 11.7 Å². The number of ether oxygens (including phenoxy) is 1. The number of nitrogens with zero attached hydrogens (tertiary/aromatic N) is 3. The van der Waals surface area contributed by atoms with Gasteiger partial charge in [0.05, 0.1) is 24.4 Å². The summed E-state index contributed by atoms with van der Waals surface area (Å²) in [5.41, 5.74) is 0.765. The van der Waals surface area contributed by atoms with Crippen molar-refractivity contribution in [2.45, 2.75) is 20.4 Å². The standard InChI is InChI=1S/C21H20N4O5/c1-3-30-20(28)16-9-7-15(8-10-16)13-24-19(27)12-22-25(21(24)29)18-6-4-5-17(11-18)23-14(2)26/h4-12H,3,13H2,1-2H3,(H,23,26). The van der Waals surface area contributed by atoms with Gasteiger partial charge in [-0.05, 0) is 42.8 Å². The molecule has 0 radical (unpaired) electrons. The van der Waals surface area contributed by atoms with Gasteiger partial charge in [0, 0.05) is 12.6 Å². The molecule has 0 fully saturated rings. The predicted molar refractivity (Wildman–Crippen MR) is 110 cm³/mol. The molecule has 0 atom stereocenters. The van der Waals surface area contributed by atoms with E-state index < -0.39 is 17.2 Å². The molecule has 0 aliphatic rings. The number of rotatable bonds is 6. The Morgan fingerprint density at radius 2 is 1.83 bits per heavy atom. The van der Waals surface area contributed by atoms with Crippen LogP contribution in [-0.4, -0.2) is 32.8 Å². The minimum atomic E-state index is -0.628. The van der Waals surface area contributed by atoms with Crippen molar-refractivity contribution in [2.75, 3.05) is 11.9 Å². The predicted octanol–water partition coefficient (Wildman–Crippen LogP) is 1.58. The van der Waals surface area contributed by atoms with Gasteiger partial charge in [-0.2, -0.15) is 9.78 Å². The number of esters is 1. The second-order valence-electron chi connectivity index (χ2n) is 6.41. The van der Waals surface area contributed by atoms with Crippen LogP contribution >= 0.6 is 0 Å². The van der Waals surface area contributed by atoms with Crippen LogP contribution in [0.4, 0.5) is 5.69 Å². The van der Waals surface area contributed by atoms with Crippen molar-refractivity contribution in [1.29, 1.82) is 0 Å². The van der Waals surface area contributed by atoms with Crippen molar-refractivity contribution in [3.05, 3.63) is 86.7 Å². The van der Waals surface area contributed by atoms with Gasteiger partial charge in [-0.25, -0.2) is 9.59 Å². The number of carbonyl (C=O) groups excluding carboxylic acids is 2. The van der Waals surface area contributed by atoms with Gasteiger partial charge in [-0.15, -0.1) is 0 Å². The van der Waals surface area contributed by atoms with Crippen molar-refractivity contribution < 1.29 is 14.3 Å². The Morgan fingerprint density at radius 3 is 2.50 bits per heavy atom. The maximum absolute atomic E-state index is 12.9. The van der Waals surface area contributed by atoms with Crippen LogP contribution in [0.3, 0.4) is 0 Å². The van der Waals surface area contributed by atoms with Crippen molar-refractivity contribution in [2.24, 2.45) is 0 Å². The Hall–Kier alpha value is -4.01. The van der Waals surface area contributed by atoms with Crippen LogP contribution in [0.2, 0.25) is 0 Å². The summed E-state index contributed by atoms with van der Waals surface area (Å²) in [6.07, 6.45) is 1.06. The molecule has 3 aromatic rings. The Labute approximate surface area is 171 Å². The Morgan fingerprint density at radius 1 is 1.10 bits per heavy atom. The van der Waals surface area contributed by atoms with Crippen LogP contribution in [-0.2, 0) is 16.1 Å². The molecule has 0 aliphatic heterocycles. The fraction of sp³-hybridized carbons (Fsp3) is 0.190. The minimum Gasteiger partial charge on any atom is -0.462 e. The normalized spacial score (nSPS) is 10.5. The molecule has 1 heterocycles. The summed E-state index contributed by atoms with van der Waals surface area (Å²) in [5, 5.41) is 6.56. The van der Waals surface area contributed by atoms with Gasteiger partial charge < -0.3 is 10.1 Å². The van der Waals surface area contributed by atoms with E-state index in [2.05, 4.69) is 10.4 Å². The zero-order valence-electron chi connectivity index (χ0n) is 16.5. The average Bonchev–Trinajstić information content (AvgIpc) is 2.71. The smallest absolute Gasteiger partial charge is 0.352 e. The maximum Gasteiger partial charge on any atom is 0.352 e. The lowest BCUT2D eigenvalue weighted by atomic mass is 10.1. The van der Waals surface area contributed by atoms with Gasteiger partial charge in [0.25, 0.3) is 5.56 Å². The first kappa shape index (κ1) is 20.7. The quantitative estimate of drug-likeness (QED) is 0.620. The largest absolute Gasteiger partial charge is 0.462 e. The van der Waals surface area contributed by atoms with Crippen molar-refractivity contribution in [3.63, 3.8) is 0 Å². The molecule has 3 rings (SSSR count). The third kappa shape index (κ3) is 4.69. The summed E-state index contributed by atoms with van der Waals surface area (Å²) < 4.78 is 7.06. The van der Waals surface area contributed by atoms with Gasteiger partial charge in [0.2, 0.25) is 5.91 Å². The van der Waals surface area contributed by atoms with E-state index in [0.717, 1.165) is 15.4 Å². The highest BCUT2D eigenvalue weighted by atomic mass is 16.5. The second-order valence-corrected chi connectivity index (χ2v) is 6.41. The molecule has 1 aromatic heterocycles. The molecule has 30 heavy (non-hydrogen) atoms. The van der Waals surface area contributed by atoms with E-state index in [1.54, 1.807) is 55.5 Å². The first-order valence-corrected chi connectivity index (χ1v) is 9.22. The zero-order chi connectivity index (χ0) is 21.7. The first-order valence-electron chi connectivity index (χ1n) is 9.22. The number of anilines is 1. The van der Waals surface area contributed by atoms with Gasteiger partial charge in [-0.1, -0.05) is 18.2 Å². The third-order valence-corrected chi connectivity index (χ3v) is 4.18. The molecule has 154 valence electrons. The molecular weight excluding hydrogens is 388 g/mol. The minimum absolute atomic E-state index is 0.00861. The van der Waals surface area contributed by atoms with Crippen LogP contribution in [0.1, 0.15) is 29.8 Å². The number of hydrogen-bond acceptors (Lipinski definition) is 6. The highest BCUT2D eigenvalue weighted by molar-refractivity contribution is 5.89. The third-order valence-electron chi connectivity index (χ3n) is 4.18. The van der Waals surface area contributed by atoms with Crippen molar-refractivity contribution in [1.82, 2.24) is 14.3 Å². The molecule has 0 saturated heterocycles. The van der Waals surface area contributed by atoms with Crippen LogP contribution in [0.15, 0.2) is 64.3 Å². The van der Waals surface area contributed by atoms with E-state index in [0.29, 0.717) is 22.5 Å². The van der Waals surface area contributed by atoms with Gasteiger partial charge in [0.1, 0.15) is 6.20 Å². The molecule has 9 heteroatoms. The monoisotopic (exact) mass is 408 g/mol. The van der Waals surface area contributed by atoms with E-state index in [4.69, 9.17) is 4.74 Å². The van der Waals surface area contributed by atoms with E-state index in [-0.39, 0.29) is 19.1 Å². The molecule has 9 nitrogen and oxygen atoms in total. The van der Waals surface area contributed by atoms with Crippen LogP contribution < -0.4 is 16.6 Å². The fourth-order valence-electron chi connectivity index (χ4n) is 2.82. The highest BCUT2D eigenvalue weighted by Crippen LogP contribution is 2.12. The SMILES string of the molecule is CCOC(=O)c1ccc(Cn2c(=O)cnn(-c3cccc(NC(C)=O)c3)c2=O)cc1. The molecule has 0 spiro atoms. The summed E-state index contributed by atoms with van der Waals surface area (Å²) in [6, 6.07) is 13.0. The van der Waals surface area contributed by atoms with E-state index >= 15 is 0 Å². The highest BCUT2D eigenvalue weighted by Gasteiger charge is 2.11. The molecule has 2 aromatic carbocycles. The second kappa shape index (κ2) is 8.99. The number of carbonyl (C=O) groups is 2.